The van der Waals surface area contributed by atoms with Gasteiger partial charge in [-0.1, -0.05) is 19.9 Å². The Bertz CT molecular complexity index is 445. The third-order valence-electron chi connectivity index (χ3n) is 3.63. The van der Waals surface area contributed by atoms with Crippen LogP contribution in [0.5, 0.6) is 0 Å². The van der Waals surface area contributed by atoms with Crippen molar-refractivity contribution in [3.05, 3.63) is 29.3 Å². The number of aliphatic hydroxyl groups is 2. The molecule has 0 aromatic heterocycles. The summed E-state index contributed by atoms with van der Waals surface area (Å²) in [5, 5.41) is 18.2. The maximum Gasteiger partial charge on any atom is 0.416 e. The number of rotatable bonds is 7. The first-order valence-electron chi connectivity index (χ1n) is 7.07. The number of benzene rings is 1. The molecule has 0 fully saturated rings. The normalized spacial score (nSPS) is 12.0. The fourth-order valence-corrected chi connectivity index (χ4v) is 2.50. The zero-order valence-corrected chi connectivity index (χ0v) is 12.3. The van der Waals surface area contributed by atoms with Crippen molar-refractivity contribution >= 4 is 5.69 Å². The largest absolute Gasteiger partial charge is 0.416 e. The summed E-state index contributed by atoms with van der Waals surface area (Å²) in [5.74, 6) is 0. The molecule has 0 spiro atoms. The SMILES string of the molecule is CCC(CC)N(CCO)c1ccc(CO)c(C(F)(F)F)c1. The van der Waals surface area contributed by atoms with E-state index in [0.29, 0.717) is 5.69 Å². The topological polar surface area (TPSA) is 43.7 Å². The minimum absolute atomic E-state index is 0.0678. The lowest BCUT2D eigenvalue weighted by atomic mass is 10.0. The molecular weight excluding hydrogens is 283 g/mol. The van der Waals surface area contributed by atoms with Crippen LogP contribution in [0.1, 0.15) is 37.8 Å². The number of nitrogens with zero attached hydrogens (tertiary/aromatic N) is 1. The first kappa shape index (κ1) is 17.8. The molecule has 1 rings (SSSR count). The van der Waals surface area contributed by atoms with Crippen molar-refractivity contribution in [2.75, 3.05) is 18.1 Å². The molecule has 21 heavy (non-hydrogen) atoms. The standard InChI is InChI=1S/C15H22F3NO2/c1-3-12(4-2)19(7-8-20)13-6-5-11(10-21)14(9-13)15(16,17)18/h5-6,9,12,20-21H,3-4,7-8,10H2,1-2H3. The van der Waals surface area contributed by atoms with Crippen LogP contribution in [0.25, 0.3) is 0 Å². The first-order chi connectivity index (χ1) is 9.88. The van der Waals surface area contributed by atoms with E-state index >= 15 is 0 Å². The smallest absolute Gasteiger partial charge is 0.395 e. The zero-order valence-electron chi connectivity index (χ0n) is 12.3. The van der Waals surface area contributed by atoms with Gasteiger partial charge >= 0.3 is 6.18 Å². The van der Waals surface area contributed by atoms with Crippen LogP contribution in [0, 0.1) is 0 Å². The average Bonchev–Trinajstić information content (AvgIpc) is 2.46. The van der Waals surface area contributed by atoms with E-state index in [1.54, 1.807) is 11.0 Å². The summed E-state index contributed by atoms with van der Waals surface area (Å²) in [6.45, 7) is 3.43. The van der Waals surface area contributed by atoms with Crippen LogP contribution in [0.2, 0.25) is 0 Å². The lowest BCUT2D eigenvalue weighted by Gasteiger charge is -2.33. The molecular formula is C15H22F3NO2. The molecule has 0 heterocycles. The molecule has 120 valence electrons. The van der Waals surface area contributed by atoms with Crippen LogP contribution >= 0.6 is 0 Å². The summed E-state index contributed by atoms with van der Waals surface area (Å²) >= 11 is 0. The molecule has 0 aliphatic heterocycles. The van der Waals surface area contributed by atoms with Crippen molar-refractivity contribution in [1.82, 2.24) is 0 Å². The maximum absolute atomic E-state index is 13.1. The Morgan fingerprint density at radius 3 is 2.19 bits per heavy atom. The van der Waals surface area contributed by atoms with E-state index < -0.39 is 18.3 Å². The molecule has 1 aromatic rings. The highest BCUT2D eigenvalue weighted by molar-refractivity contribution is 5.52. The lowest BCUT2D eigenvalue weighted by Crippen LogP contribution is -2.37. The van der Waals surface area contributed by atoms with E-state index in [1.807, 2.05) is 13.8 Å². The molecule has 0 radical (unpaired) electrons. The quantitative estimate of drug-likeness (QED) is 0.813. The van der Waals surface area contributed by atoms with Crippen LogP contribution < -0.4 is 4.90 Å². The molecule has 1 aromatic carbocycles. The summed E-state index contributed by atoms with van der Waals surface area (Å²) < 4.78 is 39.2. The third-order valence-corrected chi connectivity index (χ3v) is 3.63. The van der Waals surface area contributed by atoms with Crippen LogP contribution in [0.4, 0.5) is 18.9 Å². The Labute approximate surface area is 123 Å². The Morgan fingerprint density at radius 2 is 1.76 bits per heavy atom. The lowest BCUT2D eigenvalue weighted by molar-refractivity contribution is -0.138. The monoisotopic (exact) mass is 305 g/mol. The molecule has 0 aliphatic rings. The Hall–Kier alpha value is -1.27. The van der Waals surface area contributed by atoms with Crippen molar-refractivity contribution in [2.45, 2.75) is 45.5 Å². The van der Waals surface area contributed by atoms with E-state index in [1.165, 1.54) is 6.07 Å². The summed E-state index contributed by atoms with van der Waals surface area (Å²) in [4.78, 5) is 1.79. The molecule has 0 bridgehead atoms. The van der Waals surface area contributed by atoms with Crippen molar-refractivity contribution < 1.29 is 23.4 Å². The molecule has 0 amide bonds. The van der Waals surface area contributed by atoms with Crippen LogP contribution in [0.3, 0.4) is 0 Å². The fraction of sp³-hybridized carbons (Fsp3) is 0.600. The van der Waals surface area contributed by atoms with E-state index in [0.717, 1.165) is 18.9 Å². The summed E-state index contributed by atoms with van der Waals surface area (Å²) in [6.07, 6.45) is -2.95. The van der Waals surface area contributed by atoms with Gasteiger partial charge in [0.1, 0.15) is 0 Å². The molecule has 6 heteroatoms. The minimum atomic E-state index is -4.51. The summed E-state index contributed by atoms with van der Waals surface area (Å²) in [7, 11) is 0. The Kier molecular flexibility index (Phi) is 6.48. The second-order valence-electron chi connectivity index (χ2n) is 4.88. The number of halogens is 3. The van der Waals surface area contributed by atoms with Gasteiger partial charge in [0.2, 0.25) is 0 Å². The molecule has 3 nitrogen and oxygen atoms in total. The van der Waals surface area contributed by atoms with Gasteiger partial charge in [-0.25, -0.2) is 0 Å². The fourth-order valence-electron chi connectivity index (χ4n) is 2.50. The Morgan fingerprint density at radius 1 is 1.14 bits per heavy atom. The van der Waals surface area contributed by atoms with Gasteiger partial charge in [0, 0.05) is 18.3 Å². The predicted molar refractivity (Wildman–Crippen MR) is 76.2 cm³/mol. The van der Waals surface area contributed by atoms with Gasteiger partial charge in [0.05, 0.1) is 18.8 Å². The third kappa shape index (κ3) is 4.35. The van der Waals surface area contributed by atoms with Crippen molar-refractivity contribution in [3.8, 4) is 0 Å². The van der Waals surface area contributed by atoms with Gasteiger partial charge in [-0.2, -0.15) is 13.2 Å². The summed E-state index contributed by atoms with van der Waals surface area (Å²) in [5.41, 5.74) is -0.543. The maximum atomic E-state index is 13.1. The first-order valence-corrected chi connectivity index (χ1v) is 7.07. The number of hydrogen-bond donors (Lipinski definition) is 2. The van der Waals surface area contributed by atoms with Crippen LogP contribution in [-0.4, -0.2) is 29.4 Å². The average molecular weight is 305 g/mol. The molecule has 0 unspecified atom stereocenters. The van der Waals surface area contributed by atoms with Gasteiger partial charge < -0.3 is 15.1 Å². The van der Waals surface area contributed by atoms with E-state index in [2.05, 4.69) is 0 Å². The van der Waals surface area contributed by atoms with Crippen molar-refractivity contribution in [1.29, 1.82) is 0 Å². The van der Waals surface area contributed by atoms with E-state index in [9.17, 15) is 13.2 Å². The Balaban J connectivity index is 3.26. The van der Waals surface area contributed by atoms with Crippen molar-refractivity contribution in [2.24, 2.45) is 0 Å². The van der Waals surface area contributed by atoms with Crippen LogP contribution in [0.15, 0.2) is 18.2 Å². The molecule has 2 N–H and O–H groups in total. The highest BCUT2D eigenvalue weighted by Gasteiger charge is 2.34. The van der Waals surface area contributed by atoms with E-state index in [4.69, 9.17) is 10.2 Å². The molecule has 0 saturated carbocycles. The number of hydrogen-bond acceptors (Lipinski definition) is 3. The van der Waals surface area contributed by atoms with E-state index in [-0.39, 0.29) is 24.8 Å². The number of anilines is 1. The van der Waals surface area contributed by atoms with Gasteiger partial charge in [-0.15, -0.1) is 0 Å². The van der Waals surface area contributed by atoms with Crippen molar-refractivity contribution in [3.63, 3.8) is 0 Å². The molecule has 0 saturated heterocycles. The number of aliphatic hydroxyl groups excluding tert-OH is 2. The molecule has 0 atom stereocenters. The second-order valence-corrected chi connectivity index (χ2v) is 4.88. The highest BCUT2D eigenvalue weighted by Crippen LogP contribution is 2.35. The minimum Gasteiger partial charge on any atom is -0.395 e. The van der Waals surface area contributed by atoms with Crippen LogP contribution in [-0.2, 0) is 12.8 Å². The second kappa shape index (κ2) is 7.66. The van der Waals surface area contributed by atoms with Gasteiger partial charge in [0.15, 0.2) is 0 Å². The van der Waals surface area contributed by atoms with Gasteiger partial charge in [0.25, 0.3) is 0 Å². The van der Waals surface area contributed by atoms with Gasteiger partial charge in [-0.05, 0) is 30.5 Å². The number of alkyl halides is 3. The highest BCUT2D eigenvalue weighted by atomic mass is 19.4. The van der Waals surface area contributed by atoms with Gasteiger partial charge in [-0.3, -0.25) is 0 Å². The predicted octanol–water partition coefficient (Wildman–Crippen LogP) is 3.19. The molecule has 0 aliphatic carbocycles. The zero-order chi connectivity index (χ0) is 16.0. The summed E-state index contributed by atoms with van der Waals surface area (Å²) in [6, 6.07) is 3.98.